The molecule has 1 aliphatic carbocycles. The van der Waals surface area contributed by atoms with Crippen LogP contribution in [0.2, 0.25) is 5.02 Å². The molecule has 1 aromatic rings. The number of aliphatic hydroxyl groups is 1. The first-order valence-corrected chi connectivity index (χ1v) is 7.40. The molecule has 0 heterocycles. The number of Topliss-reactive ketones (excluding diaryl/α,β-unsaturated/α-hetero) is 1. The number of hydrogen-bond donors (Lipinski definition) is 1. The van der Waals surface area contributed by atoms with Crippen molar-refractivity contribution in [2.45, 2.75) is 57.5 Å². The van der Waals surface area contributed by atoms with E-state index < -0.39 is 5.60 Å². The van der Waals surface area contributed by atoms with Gasteiger partial charge >= 0.3 is 0 Å². The van der Waals surface area contributed by atoms with E-state index in [1.165, 1.54) is 0 Å². The lowest BCUT2D eigenvalue weighted by Crippen LogP contribution is -2.39. The summed E-state index contributed by atoms with van der Waals surface area (Å²) >= 11 is 6.16. The Labute approximate surface area is 119 Å². The number of benzene rings is 1. The summed E-state index contributed by atoms with van der Waals surface area (Å²) in [7, 11) is 0. The second-order valence-electron chi connectivity index (χ2n) is 5.64. The normalized spacial score (nSPS) is 18.9. The Morgan fingerprint density at radius 1 is 1.26 bits per heavy atom. The van der Waals surface area contributed by atoms with Gasteiger partial charge in [0.2, 0.25) is 0 Å². The molecule has 2 rings (SSSR count). The molecule has 0 bridgehead atoms. The summed E-state index contributed by atoms with van der Waals surface area (Å²) in [6, 6.07) is 5.70. The first-order chi connectivity index (χ1) is 9.01. The van der Waals surface area contributed by atoms with E-state index in [-0.39, 0.29) is 12.2 Å². The highest BCUT2D eigenvalue weighted by atomic mass is 35.5. The number of carbonyl (C=O) groups excluding carboxylic acids is 1. The molecular formula is C16H21ClO2. The van der Waals surface area contributed by atoms with Gasteiger partial charge in [-0.3, -0.25) is 4.79 Å². The molecule has 0 unspecified atom stereocenters. The quantitative estimate of drug-likeness (QED) is 0.854. The van der Waals surface area contributed by atoms with Gasteiger partial charge in [-0.1, -0.05) is 49.4 Å². The highest BCUT2D eigenvalue weighted by Gasteiger charge is 2.35. The van der Waals surface area contributed by atoms with Crippen LogP contribution >= 0.6 is 11.6 Å². The molecule has 19 heavy (non-hydrogen) atoms. The largest absolute Gasteiger partial charge is 0.382 e. The number of aryl methyl sites for hydroxylation is 1. The van der Waals surface area contributed by atoms with Crippen molar-refractivity contribution >= 4 is 17.4 Å². The van der Waals surface area contributed by atoms with Gasteiger partial charge in [0.1, 0.15) is 5.60 Å². The highest BCUT2D eigenvalue weighted by molar-refractivity contribution is 6.31. The van der Waals surface area contributed by atoms with Gasteiger partial charge < -0.3 is 5.11 Å². The summed E-state index contributed by atoms with van der Waals surface area (Å²) < 4.78 is 0. The first kappa shape index (κ1) is 14.5. The third kappa shape index (κ3) is 3.58. The predicted octanol–water partition coefficient (Wildman–Crippen LogP) is 3.85. The SMILES string of the molecule is Cc1ccc(CC(=O)C2(O)CCCCCC2)c(Cl)c1. The van der Waals surface area contributed by atoms with Gasteiger partial charge in [0.25, 0.3) is 0 Å². The van der Waals surface area contributed by atoms with Crippen molar-refractivity contribution in [1.29, 1.82) is 0 Å². The van der Waals surface area contributed by atoms with Crippen molar-refractivity contribution in [3.63, 3.8) is 0 Å². The molecule has 1 fully saturated rings. The van der Waals surface area contributed by atoms with Gasteiger partial charge in [-0.15, -0.1) is 0 Å². The number of rotatable bonds is 3. The minimum absolute atomic E-state index is 0.0832. The number of hydrogen-bond acceptors (Lipinski definition) is 2. The summed E-state index contributed by atoms with van der Waals surface area (Å²) in [5.41, 5.74) is 0.759. The topological polar surface area (TPSA) is 37.3 Å². The zero-order valence-corrected chi connectivity index (χ0v) is 12.2. The molecule has 0 radical (unpaired) electrons. The molecule has 104 valence electrons. The average Bonchev–Trinajstić information content (AvgIpc) is 2.58. The lowest BCUT2D eigenvalue weighted by Gasteiger charge is -2.25. The molecule has 1 saturated carbocycles. The molecule has 0 amide bonds. The van der Waals surface area contributed by atoms with E-state index in [1.807, 2.05) is 25.1 Å². The zero-order chi connectivity index (χ0) is 13.9. The third-order valence-corrected chi connectivity index (χ3v) is 4.36. The smallest absolute Gasteiger partial charge is 0.168 e. The molecule has 0 aliphatic heterocycles. The van der Waals surface area contributed by atoms with Gasteiger partial charge in [-0.05, 0) is 37.0 Å². The molecule has 0 saturated heterocycles. The maximum atomic E-state index is 12.4. The van der Waals surface area contributed by atoms with Crippen LogP contribution in [-0.4, -0.2) is 16.5 Å². The number of halogens is 1. The lowest BCUT2D eigenvalue weighted by atomic mass is 9.86. The summed E-state index contributed by atoms with van der Waals surface area (Å²) in [6.45, 7) is 1.97. The standard InChI is InChI=1S/C16H21ClO2/c1-12-6-7-13(14(17)10-12)11-15(18)16(19)8-4-2-3-5-9-16/h6-7,10,19H,2-5,8-9,11H2,1H3. The van der Waals surface area contributed by atoms with E-state index in [0.29, 0.717) is 17.9 Å². The van der Waals surface area contributed by atoms with Crippen LogP contribution < -0.4 is 0 Å². The van der Waals surface area contributed by atoms with Gasteiger partial charge in [0.05, 0.1) is 0 Å². The van der Waals surface area contributed by atoms with Gasteiger partial charge in [0.15, 0.2) is 5.78 Å². The number of ketones is 1. The van der Waals surface area contributed by atoms with E-state index in [4.69, 9.17) is 11.6 Å². The third-order valence-electron chi connectivity index (χ3n) is 4.01. The minimum atomic E-state index is -1.13. The van der Waals surface area contributed by atoms with Gasteiger partial charge in [-0.25, -0.2) is 0 Å². The second kappa shape index (κ2) is 6.06. The Kier molecular flexibility index (Phi) is 4.64. The summed E-state index contributed by atoms with van der Waals surface area (Å²) in [6.07, 6.45) is 5.51. The first-order valence-electron chi connectivity index (χ1n) is 7.02. The fourth-order valence-electron chi connectivity index (χ4n) is 2.73. The Balaban J connectivity index is 2.11. The van der Waals surface area contributed by atoms with E-state index in [0.717, 1.165) is 36.8 Å². The zero-order valence-electron chi connectivity index (χ0n) is 11.4. The van der Waals surface area contributed by atoms with E-state index in [2.05, 4.69) is 0 Å². The van der Waals surface area contributed by atoms with Crippen molar-refractivity contribution in [2.75, 3.05) is 0 Å². The Morgan fingerprint density at radius 2 is 1.89 bits per heavy atom. The molecule has 1 aliphatic rings. The molecule has 1 N–H and O–H groups in total. The van der Waals surface area contributed by atoms with Crippen molar-refractivity contribution in [3.8, 4) is 0 Å². The van der Waals surface area contributed by atoms with E-state index in [9.17, 15) is 9.90 Å². The summed E-state index contributed by atoms with van der Waals surface area (Å²) in [5, 5.41) is 11.2. The van der Waals surface area contributed by atoms with Crippen LogP contribution in [0.25, 0.3) is 0 Å². The fraction of sp³-hybridized carbons (Fsp3) is 0.562. The van der Waals surface area contributed by atoms with Crippen LogP contribution in [-0.2, 0) is 11.2 Å². The predicted molar refractivity (Wildman–Crippen MR) is 77.6 cm³/mol. The van der Waals surface area contributed by atoms with Crippen molar-refractivity contribution in [1.82, 2.24) is 0 Å². The molecular weight excluding hydrogens is 260 g/mol. The molecule has 0 atom stereocenters. The fourth-order valence-corrected chi connectivity index (χ4v) is 3.03. The highest BCUT2D eigenvalue weighted by Crippen LogP contribution is 2.30. The molecule has 0 spiro atoms. The van der Waals surface area contributed by atoms with Crippen LogP contribution in [0.15, 0.2) is 18.2 Å². The molecule has 3 heteroatoms. The molecule has 2 nitrogen and oxygen atoms in total. The van der Waals surface area contributed by atoms with Crippen LogP contribution in [0.4, 0.5) is 0 Å². The van der Waals surface area contributed by atoms with Crippen molar-refractivity contribution < 1.29 is 9.90 Å². The Hall–Kier alpha value is -0.860. The molecule has 0 aromatic heterocycles. The van der Waals surface area contributed by atoms with Crippen molar-refractivity contribution in [3.05, 3.63) is 34.3 Å². The second-order valence-corrected chi connectivity index (χ2v) is 6.05. The van der Waals surface area contributed by atoms with Crippen LogP contribution in [0.5, 0.6) is 0 Å². The maximum Gasteiger partial charge on any atom is 0.168 e. The van der Waals surface area contributed by atoms with Crippen LogP contribution in [0, 0.1) is 6.92 Å². The van der Waals surface area contributed by atoms with Gasteiger partial charge in [-0.2, -0.15) is 0 Å². The van der Waals surface area contributed by atoms with Crippen LogP contribution in [0.1, 0.15) is 49.7 Å². The Morgan fingerprint density at radius 3 is 2.47 bits per heavy atom. The monoisotopic (exact) mass is 280 g/mol. The number of carbonyl (C=O) groups is 1. The Bertz CT molecular complexity index is 460. The minimum Gasteiger partial charge on any atom is -0.382 e. The van der Waals surface area contributed by atoms with Crippen LogP contribution in [0.3, 0.4) is 0 Å². The summed E-state index contributed by atoms with van der Waals surface area (Å²) in [5.74, 6) is -0.0832. The van der Waals surface area contributed by atoms with E-state index >= 15 is 0 Å². The lowest BCUT2D eigenvalue weighted by molar-refractivity contribution is -0.138. The van der Waals surface area contributed by atoms with E-state index in [1.54, 1.807) is 0 Å². The van der Waals surface area contributed by atoms with Gasteiger partial charge in [0, 0.05) is 11.4 Å². The molecule has 1 aromatic carbocycles. The maximum absolute atomic E-state index is 12.4. The van der Waals surface area contributed by atoms with Crippen molar-refractivity contribution in [2.24, 2.45) is 0 Å². The average molecular weight is 281 g/mol. The summed E-state index contributed by atoms with van der Waals surface area (Å²) in [4.78, 5) is 12.4.